The Morgan fingerprint density at radius 1 is 1.05 bits per heavy atom. The number of nitrogens with zero attached hydrogens (tertiary/aromatic N) is 3. The molecule has 2 aromatic carbocycles. The van der Waals surface area contributed by atoms with E-state index in [-0.39, 0.29) is 5.56 Å². The number of H-pyrrole nitrogens is 1. The van der Waals surface area contributed by atoms with E-state index in [9.17, 15) is 9.59 Å². The fourth-order valence-electron chi connectivity index (χ4n) is 4.40. The van der Waals surface area contributed by atoms with Crippen LogP contribution in [0, 0.1) is 6.92 Å². The van der Waals surface area contributed by atoms with E-state index >= 15 is 0 Å². The van der Waals surface area contributed by atoms with Crippen LogP contribution >= 0.6 is 12.2 Å². The van der Waals surface area contributed by atoms with Crippen LogP contribution in [-0.4, -0.2) is 31.2 Å². The smallest absolute Gasteiger partial charge is 0.379 e. The number of thiocarbonyl (C=S) groups is 1. The number of nitrogens with one attached hydrogen (secondary N) is 2. The van der Waals surface area contributed by atoms with Crippen molar-refractivity contribution in [2.45, 2.75) is 59.4 Å². The third-order valence-electron chi connectivity index (χ3n) is 6.44. The Labute approximate surface area is 227 Å². The topological polar surface area (TPSA) is 106 Å². The quantitative estimate of drug-likeness (QED) is 0.267. The summed E-state index contributed by atoms with van der Waals surface area (Å²) in [6.45, 7) is 7.32. The van der Waals surface area contributed by atoms with E-state index in [1.54, 1.807) is 4.57 Å². The minimum atomic E-state index is -0.595. The van der Waals surface area contributed by atoms with Crippen LogP contribution in [0.2, 0.25) is 0 Å². The minimum absolute atomic E-state index is 0.0336. The number of aryl methyl sites for hydroxylation is 2. The van der Waals surface area contributed by atoms with Crippen LogP contribution in [-0.2, 0) is 19.4 Å². The highest BCUT2D eigenvalue weighted by Gasteiger charge is 2.16. The zero-order chi connectivity index (χ0) is 27.1. The number of aromatic amines is 1. The van der Waals surface area contributed by atoms with Crippen LogP contribution in [0.4, 0.5) is 0 Å². The summed E-state index contributed by atoms with van der Waals surface area (Å²) < 4.78 is 6.49. The summed E-state index contributed by atoms with van der Waals surface area (Å²) in [6.07, 6.45) is 4.08. The molecule has 0 fully saturated rings. The van der Waals surface area contributed by atoms with Crippen LogP contribution < -0.4 is 16.6 Å². The lowest BCUT2D eigenvalue weighted by Gasteiger charge is -2.17. The molecule has 0 saturated carbocycles. The van der Waals surface area contributed by atoms with E-state index in [4.69, 9.17) is 21.7 Å². The molecule has 0 amide bonds. The highest BCUT2D eigenvalue weighted by atomic mass is 32.1. The van der Waals surface area contributed by atoms with Crippen molar-refractivity contribution in [1.29, 1.82) is 0 Å². The van der Waals surface area contributed by atoms with E-state index in [2.05, 4.69) is 29.3 Å². The summed E-state index contributed by atoms with van der Waals surface area (Å²) in [5.41, 5.74) is 4.99. The molecule has 2 aromatic heterocycles. The number of hydrogen-bond acceptors (Lipinski definition) is 6. The van der Waals surface area contributed by atoms with Gasteiger partial charge < -0.3 is 5.32 Å². The van der Waals surface area contributed by atoms with E-state index < -0.39 is 5.76 Å². The molecule has 0 bridgehead atoms. The lowest BCUT2D eigenvalue weighted by atomic mass is 9.98. The van der Waals surface area contributed by atoms with Gasteiger partial charge in [-0.3, -0.25) is 18.9 Å². The van der Waals surface area contributed by atoms with Crippen molar-refractivity contribution in [2.75, 3.05) is 6.54 Å². The summed E-state index contributed by atoms with van der Waals surface area (Å²) in [5.74, 6) is 0.587. The number of aromatic nitrogens is 4. The number of hydrogen-bond donors (Lipinski definition) is 2. The molecule has 0 aliphatic rings. The molecule has 0 atom stereocenters. The lowest BCUT2D eigenvalue weighted by Crippen LogP contribution is -2.33. The van der Waals surface area contributed by atoms with Gasteiger partial charge in [0.15, 0.2) is 5.82 Å². The molecule has 4 rings (SSSR count). The second kappa shape index (κ2) is 12.6. The Kier molecular flexibility index (Phi) is 9.02. The molecular formula is C29H33N5O3S. The zero-order valence-electron chi connectivity index (χ0n) is 22.0. The molecule has 2 N–H and O–H groups in total. The van der Waals surface area contributed by atoms with Crippen molar-refractivity contribution in [3.05, 3.63) is 92.1 Å². The van der Waals surface area contributed by atoms with E-state index in [1.807, 2.05) is 55.5 Å². The first-order valence-corrected chi connectivity index (χ1v) is 13.4. The molecule has 4 aromatic rings. The van der Waals surface area contributed by atoms with Gasteiger partial charge in [0, 0.05) is 36.2 Å². The maximum absolute atomic E-state index is 13.7. The minimum Gasteiger partial charge on any atom is -0.379 e. The predicted octanol–water partition coefficient (Wildman–Crippen LogP) is 4.82. The van der Waals surface area contributed by atoms with Crippen LogP contribution in [0.15, 0.2) is 62.6 Å². The average molecular weight is 532 g/mol. The van der Waals surface area contributed by atoms with Gasteiger partial charge in [0.25, 0.3) is 5.56 Å². The highest BCUT2D eigenvalue weighted by Crippen LogP contribution is 2.30. The first-order valence-electron chi connectivity index (χ1n) is 13.0. The molecule has 8 nitrogen and oxygen atoms in total. The SMILES string of the molecule is CCCCc1nc(C)c(CC(=S)NCCC)c(=O)n1Cc1ccc(-c2ccccc2-c2noc(=O)[nH]2)cc1. The Balaban J connectivity index is 1.65. The van der Waals surface area contributed by atoms with Crippen molar-refractivity contribution in [3.8, 4) is 22.5 Å². The normalized spacial score (nSPS) is 11.0. The molecule has 38 heavy (non-hydrogen) atoms. The lowest BCUT2D eigenvalue weighted by molar-refractivity contribution is 0.388. The van der Waals surface area contributed by atoms with Crippen molar-refractivity contribution in [1.82, 2.24) is 25.0 Å². The van der Waals surface area contributed by atoms with Gasteiger partial charge in [0.1, 0.15) is 5.82 Å². The summed E-state index contributed by atoms with van der Waals surface area (Å²) in [6, 6.07) is 15.7. The predicted molar refractivity (Wildman–Crippen MR) is 154 cm³/mol. The third-order valence-corrected chi connectivity index (χ3v) is 6.73. The molecule has 198 valence electrons. The van der Waals surface area contributed by atoms with Gasteiger partial charge in [-0.1, -0.05) is 86.2 Å². The van der Waals surface area contributed by atoms with Gasteiger partial charge in [0.2, 0.25) is 0 Å². The molecule has 0 aliphatic heterocycles. The van der Waals surface area contributed by atoms with Crippen LogP contribution in [0.1, 0.15) is 55.8 Å². The molecule has 0 spiro atoms. The van der Waals surface area contributed by atoms with E-state index in [0.717, 1.165) is 66.0 Å². The average Bonchev–Trinajstić information content (AvgIpc) is 3.37. The third kappa shape index (κ3) is 6.34. The first kappa shape index (κ1) is 27.2. The van der Waals surface area contributed by atoms with E-state index in [1.165, 1.54) is 0 Å². The maximum Gasteiger partial charge on any atom is 0.439 e. The molecule has 0 unspecified atom stereocenters. The van der Waals surface area contributed by atoms with E-state index in [0.29, 0.717) is 29.3 Å². The second-order valence-corrected chi connectivity index (χ2v) is 9.79. The fourth-order valence-corrected chi connectivity index (χ4v) is 4.64. The zero-order valence-corrected chi connectivity index (χ0v) is 22.9. The highest BCUT2D eigenvalue weighted by molar-refractivity contribution is 7.80. The largest absolute Gasteiger partial charge is 0.439 e. The summed E-state index contributed by atoms with van der Waals surface area (Å²) in [4.78, 5) is 33.3. The molecular weight excluding hydrogens is 498 g/mol. The number of unbranched alkanes of at least 4 members (excludes halogenated alkanes) is 1. The monoisotopic (exact) mass is 531 g/mol. The second-order valence-electron chi connectivity index (χ2n) is 9.30. The first-order chi connectivity index (χ1) is 18.4. The molecule has 0 radical (unpaired) electrons. The van der Waals surface area contributed by atoms with Crippen molar-refractivity contribution in [3.63, 3.8) is 0 Å². The summed E-state index contributed by atoms with van der Waals surface area (Å²) in [5, 5.41) is 7.06. The maximum atomic E-state index is 13.7. The molecule has 9 heteroatoms. The van der Waals surface area contributed by atoms with Gasteiger partial charge in [-0.15, -0.1) is 0 Å². The Morgan fingerprint density at radius 2 is 1.79 bits per heavy atom. The molecule has 0 saturated heterocycles. The number of rotatable bonds is 11. The Morgan fingerprint density at radius 3 is 2.45 bits per heavy atom. The standard InChI is InChI=1S/C29H33N5O3S/c1-4-6-11-25-31-19(3)24(17-26(38)30-16-5-2)28(35)34(25)18-20-12-14-21(15-13-20)22-9-7-8-10-23(22)27-32-29(36)37-33-27/h7-10,12-15H,4-6,11,16-18H2,1-3H3,(H,30,38)(H,32,33,36). The Hall–Kier alpha value is -3.85. The van der Waals surface area contributed by atoms with Gasteiger partial charge in [-0.25, -0.2) is 9.78 Å². The van der Waals surface area contributed by atoms with Crippen molar-refractivity contribution >= 4 is 17.2 Å². The summed E-state index contributed by atoms with van der Waals surface area (Å²) in [7, 11) is 0. The van der Waals surface area contributed by atoms with Crippen LogP contribution in [0.3, 0.4) is 0 Å². The van der Waals surface area contributed by atoms with Gasteiger partial charge in [-0.2, -0.15) is 0 Å². The van der Waals surface area contributed by atoms with Gasteiger partial charge >= 0.3 is 5.76 Å². The fraction of sp³-hybridized carbons (Fsp3) is 0.345. The van der Waals surface area contributed by atoms with Crippen molar-refractivity contribution < 1.29 is 4.52 Å². The van der Waals surface area contributed by atoms with Gasteiger partial charge in [-0.05, 0) is 36.5 Å². The number of benzene rings is 2. The molecule has 0 aliphatic carbocycles. The van der Waals surface area contributed by atoms with Crippen molar-refractivity contribution in [2.24, 2.45) is 0 Å². The van der Waals surface area contributed by atoms with Crippen LogP contribution in [0.5, 0.6) is 0 Å². The summed E-state index contributed by atoms with van der Waals surface area (Å²) >= 11 is 5.49. The Bertz CT molecular complexity index is 1520. The van der Waals surface area contributed by atoms with Gasteiger partial charge in [0.05, 0.1) is 11.5 Å². The molecule has 2 heterocycles. The van der Waals surface area contributed by atoms with Crippen LogP contribution in [0.25, 0.3) is 22.5 Å².